The number of nitrogens with zero attached hydrogens (tertiary/aromatic N) is 2. The maximum Gasteiger partial charge on any atom is 0.294 e. The second-order valence-corrected chi connectivity index (χ2v) is 26.4. The van der Waals surface area contributed by atoms with Crippen LogP contribution in [0.4, 0.5) is 11.4 Å². The van der Waals surface area contributed by atoms with Crippen molar-refractivity contribution in [3.05, 3.63) is 95.1 Å². The van der Waals surface area contributed by atoms with E-state index in [2.05, 4.69) is 10.6 Å². The first-order chi connectivity index (χ1) is 30.6. The van der Waals surface area contributed by atoms with Crippen molar-refractivity contribution in [1.29, 1.82) is 0 Å². The van der Waals surface area contributed by atoms with E-state index in [0.717, 1.165) is 32.9 Å². The number of hydrogen-bond donors (Lipinski definition) is 8. The first kappa shape index (κ1) is 51.0. The molecule has 0 radical (unpaired) electrons. The topological polar surface area (TPSA) is 341 Å². The smallest absolute Gasteiger partial charge is 0.294 e. The van der Waals surface area contributed by atoms with Gasteiger partial charge in [0.05, 0.1) is 47.0 Å². The lowest BCUT2D eigenvalue weighted by atomic mass is 10.0. The fourth-order valence-electron chi connectivity index (χ4n) is 7.05. The van der Waals surface area contributed by atoms with Crippen molar-refractivity contribution in [3.8, 4) is 11.5 Å². The quantitative estimate of drug-likeness (QED) is 0.0780. The molecule has 4 aromatic rings. The molecule has 2 fully saturated rings. The van der Waals surface area contributed by atoms with Crippen molar-refractivity contribution in [1.82, 2.24) is 8.61 Å². The van der Waals surface area contributed by atoms with Crippen LogP contribution in [0, 0.1) is 0 Å². The Labute approximate surface area is 384 Å². The molecular formula is C38H46N4O18S6. The number of anilines is 2. The fourth-order valence-corrected chi connectivity index (χ4v) is 14.8. The van der Waals surface area contributed by atoms with Gasteiger partial charge in [0.15, 0.2) is 0 Å². The van der Waals surface area contributed by atoms with E-state index in [1.165, 1.54) is 62.8 Å². The summed E-state index contributed by atoms with van der Waals surface area (Å²) in [5, 5.41) is 4.89. The molecular weight excluding hydrogens is 993 g/mol. The lowest BCUT2D eigenvalue weighted by Crippen LogP contribution is -2.42. The molecule has 66 heavy (non-hydrogen) atoms. The van der Waals surface area contributed by atoms with Crippen molar-refractivity contribution >= 4 is 84.7 Å². The van der Waals surface area contributed by atoms with Gasteiger partial charge in [-0.2, -0.15) is 46.6 Å². The Balaban J connectivity index is 1.19. The minimum absolute atomic E-state index is 0.0479. The Morgan fingerprint density at radius 2 is 0.864 bits per heavy atom. The van der Waals surface area contributed by atoms with Gasteiger partial charge < -0.3 is 20.1 Å². The van der Waals surface area contributed by atoms with Crippen LogP contribution < -0.4 is 20.1 Å². The molecule has 22 nitrogen and oxygen atoms in total. The third kappa shape index (κ3) is 11.6. The van der Waals surface area contributed by atoms with Crippen LogP contribution in [0.25, 0.3) is 0 Å². The molecule has 4 aromatic carbocycles. The Morgan fingerprint density at radius 3 is 1.17 bits per heavy atom. The zero-order chi connectivity index (χ0) is 48.6. The zero-order valence-electron chi connectivity index (χ0n) is 34.9. The maximum absolute atomic E-state index is 13.5. The number of methoxy groups -OCH3 is 2. The lowest BCUT2D eigenvalue weighted by Gasteiger charge is -2.40. The summed E-state index contributed by atoms with van der Waals surface area (Å²) < 4.78 is 177. The Morgan fingerprint density at radius 1 is 0.530 bits per heavy atom. The molecule has 2 aliphatic heterocycles. The van der Waals surface area contributed by atoms with Crippen molar-refractivity contribution in [3.63, 3.8) is 0 Å². The average molecular weight is 1040 g/mol. The van der Waals surface area contributed by atoms with E-state index in [1.54, 1.807) is 0 Å². The van der Waals surface area contributed by atoms with Crippen LogP contribution in [-0.2, 0) is 53.1 Å². The predicted octanol–water partition coefficient (Wildman–Crippen LogP) is 4.00. The summed E-state index contributed by atoms with van der Waals surface area (Å²) in [6.07, 6.45) is -0.524. The highest BCUT2D eigenvalue weighted by molar-refractivity contribution is 8.24. The fraction of sp³-hybridized carbons (Fsp3) is 0.316. The monoisotopic (exact) mass is 1040 g/mol. The van der Waals surface area contributed by atoms with Gasteiger partial charge in [0.25, 0.3) is 32.1 Å². The van der Waals surface area contributed by atoms with Crippen LogP contribution in [0.1, 0.15) is 31.8 Å². The van der Waals surface area contributed by atoms with Gasteiger partial charge in [-0.05, 0) is 84.6 Å². The van der Waals surface area contributed by atoms with Gasteiger partial charge in [0.2, 0.25) is 20.0 Å². The van der Waals surface area contributed by atoms with Crippen LogP contribution in [0.3, 0.4) is 0 Å². The molecule has 28 heteroatoms. The summed E-state index contributed by atoms with van der Waals surface area (Å²) >= 11 is 0. The van der Waals surface area contributed by atoms with Gasteiger partial charge in [0.1, 0.15) is 21.3 Å². The van der Waals surface area contributed by atoms with Crippen LogP contribution in [-0.4, -0.2) is 145 Å². The molecule has 2 heterocycles. The molecule has 362 valence electrons. The van der Waals surface area contributed by atoms with Gasteiger partial charge in [0, 0.05) is 48.7 Å². The summed E-state index contributed by atoms with van der Waals surface area (Å²) in [5.41, 5.74) is -0.772. The zero-order valence-corrected chi connectivity index (χ0v) is 39.8. The van der Waals surface area contributed by atoms with E-state index in [1.807, 2.05) is 0 Å². The molecule has 6 rings (SSSR count). The SMILES string of the molecule is COc1ccc(C(=O)Nc2ccc(CCc3ccc(NC(=O)c4ccc(OC)c(S(=O)(=O)N5CCS(O)(O)CC5)c4)cc3S(=O)(=O)O)c(S(=O)(=O)O)c2)cc1S(=O)(=O)N1CCS(O)(O)CC1. The third-order valence-electron chi connectivity index (χ3n) is 10.6. The van der Waals surface area contributed by atoms with Crippen LogP contribution in [0.5, 0.6) is 11.5 Å². The van der Waals surface area contributed by atoms with Gasteiger partial charge in [-0.3, -0.25) is 36.9 Å². The number of ether oxygens (including phenoxy) is 2. The number of sulfonamides is 2. The molecule has 0 saturated carbocycles. The lowest BCUT2D eigenvalue weighted by molar-refractivity contribution is 0.101. The number of aryl methyl sites for hydroxylation is 2. The van der Waals surface area contributed by atoms with Gasteiger partial charge in [-0.25, -0.2) is 16.8 Å². The Kier molecular flexibility index (Phi) is 14.9. The van der Waals surface area contributed by atoms with Gasteiger partial charge in [-0.15, -0.1) is 0 Å². The van der Waals surface area contributed by atoms with E-state index >= 15 is 0 Å². The summed E-state index contributed by atoms with van der Waals surface area (Å²) in [4.78, 5) is 24.7. The number of amides is 2. The molecule has 0 atom stereocenters. The molecule has 0 bridgehead atoms. The number of nitrogens with one attached hydrogen (secondary N) is 2. The van der Waals surface area contributed by atoms with Crippen LogP contribution in [0.15, 0.2) is 92.4 Å². The van der Waals surface area contributed by atoms with Crippen molar-refractivity contribution < 1.29 is 80.1 Å². The van der Waals surface area contributed by atoms with E-state index in [9.17, 15) is 70.6 Å². The molecule has 2 amide bonds. The summed E-state index contributed by atoms with van der Waals surface area (Å²) in [6, 6.07) is 13.9. The van der Waals surface area contributed by atoms with Crippen molar-refractivity contribution in [2.24, 2.45) is 0 Å². The van der Waals surface area contributed by atoms with Gasteiger partial charge >= 0.3 is 0 Å². The number of hydrogen-bond acceptors (Lipinski definition) is 16. The average Bonchev–Trinajstić information content (AvgIpc) is 3.24. The van der Waals surface area contributed by atoms with E-state index in [4.69, 9.17) is 9.47 Å². The van der Waals surface area contributed by atoms with Crippen molar-refractivity contribution in [2.45, 2.75) is 32.4 Å². The van der Waals surface area contributed by atoms with Crippen LogP contribution >= 0.6 is 21.2 Å². The molecule has 2 saturated heterocycles. The minimum atomic E-state index is -5.00. The molecule has 0 spiro atoms. The molecule has 2 aliphatic rings. The molecule has 0 aliphatic carbocycles. The first-order valence-corrected chi connectivity index (χ1v) is 28.9. The number of benzene rings is 4. The van der Waals surface area contributed by atoms with Crippen molar-refractivity contribution in [2.75, 3.05) is 74.0 Å². The highest BCUT2D eigenvalue weighted by Crippen LogP contribution is 2.43. The van der Waals surface area contributed by atoms with Gasteiger partial charge in [-0.1, -0.05) is 12.1 Å². The summed E-state index contributed by atoms with van der Waals surface area (Å²) in [6.45, 7) is -0.769. The van der Waals surface area contributed by atoms with Crippen LogP contribution in [0.2, 0.25) is 0 Å². The second kappa shape index (κ2) is 19.3. The van der Waals surface area contributed by atoms with E-state index < -0.39 is 83.1 Å². The maximum atomic E-state index is 13.5. The predicted molar refractivity (Wildman–Crippen MR) is 244 cm³/mol. The largest absolute Gasteiger partial charge is 0.495 e. The Hall–Kier alpha value is -4.40. The molecule has 8 N–H and O–H groups in total. The second-order valence-electron chi connectivity index (χ2n) is 15.0. The highest BCUT2D eigenvalue weighted by atomic mass is 32.3. The van der Waals surface area contributed by atoms with E-state index in [0.29, 0.717) is 0 Å². The number of carbonyl (C=O) groups is 2. The standard InChI is InChI=1S/C38H46N4O18S6/c1-59-31-11-7-27(21-35(31)63(49,50)41-13-17-61(45,46)18-14-41)37(43)39-29-9-5-25(33(23-29)65(53,54)55)3-4-26-6-10-30(24-34(26)66(56,57)58)40-38(44)28-8-12-32(60-2)36(22-28)64(51,52)42-15-19-62(47,48)20-16-42/h5-12,21-24,45-48H,3-4,13-20H2,1-2H3,(H,39,43)(H,40,44)(H,53,54,55)(H,56,57,58). The third-order valence-corrected chi connectivity index (χ3v) is 19.7. The minimum Gasteiger partial charge on any atom is -0.495 e. The Bertz CT molecular complexity index is 2800. The van der Waals surface area contributed by atoms with E-state index in [-0.39, 0.29) is 117 Å². The number of rotatable bonds is 15. The first-order valence-electron chi connectivity index (χ1n) is 19.3. The molecule has 0 aromatic heterocycles. The normalized spacial score (nSPS) is 18.1. The summed E-state index contributed by atoms with van der Waals surface area (Å²) in [5.74, 6) is -2.69. The summed E-state index contributed by atoms with van der Waals surface area (Å²) in [7, 11) is -22.0. The molecule has 0 unspecified atom stereocenters. The number of carbonyl (C=O) groups excluding carboxylic acids is 2. The highest BCUT2D eigenvalue weighted by Gasteiger charge is 2.35.